The summed E-state index contributed by atoms with van der Waals surface area (Å²) in [6.45, 7) is 6.60. The highest BCUT2D eigenvalue weighted by Gasteiger charge is 1.96. The summed E-state index contributed by atoms with van der Waals surface area (Å²) in [7, 11) is 0. The Morgan fingerprint density at radius 1 is 1.67 bits per heavy atom. The highest BCUT2D eigenvalue weighted by atomic mass is 16.4. The van der Waals surface area contributed by atoms with Gasteiger partial charge in [0.2, 0.25) is 0 Å². The number of carboxylic acid groups (broad SMARTS) is 1. The summed E-state index contributed by atoms with van der Waals surface area (Å²) in [5.74, 6) is -0.861. The van der Waals surface area contributed by atoms with E-state index in [1.54, 1.807) is 13.0 Å². The first kappa shape index (κ1) is 10.9. The molecule has 0 fully saturated rings. The Morgan fingerprint density at radius 3 is 2.83 bits per heavy atom. The number of carboxylic acids is 1. The molecule has 0 aliphatic rings. The van der Waals surface area contributed by atoms with E-state index in [0.29, 0.717) is 12.1 Å². The highest BCUT2D eigenvalue weighted by Crippen LogP contribution is 1.89. The number of carbonyl (C=O) groups is 1. The van der Waals surface area contributed by atoms with Crippen molar-refractivity contribution in [1.29, 1.82) is 0 Å². The molecule has 0 heterocycles. The number of aliphatic carboxylic acids is 1. The molecule has 0 aromatic rings. The SMILES string of the molecule is C=CCCNC/C=C(/C)C(=O)O. The molecule has 0 saturated carbocycles. The van der Waals surface area contributed by atoms with Gasteiger partial charge in [0, 0.05) is 12.1 Å². The predicted molar refractivity (Wildman–Crippen MR) is 49.1 cm³/mol. The summed E-state index contributed by atoms with van der Waals surface area (Å²) in [5, 5.41) is 11.5. The van der Waals surface area contributed by atoms with Crippen LogP contribution in [0.4, 0.5) is 0 Å². The summed E-state index contributed by atoms with van der Waals surface area (Å²) >= 11 is 0. The first-order valence-corrected chi connectivity index (χ1v) is 3.90. The largest absolute Gasteiger partial charge is 0.478 e. The first-order valence-electron chi connectivity index (χ1n) is 3.90. The average molecular weight is 169 g/mol. The molecule has 0 spiro atoms. The van der Waals surface area contributed by atoms with Crippen LogP contribution in [-0.4, -0.2) is 24.2 Å². The molecule has 0 aliphatic carbocycles. The van der Waals surface area contributed by atoms with E-state index in [2.05, 4.69) is 11.9 Å². The molecule has 2 N–H and O–H groups in total. The minimum Gasteiger partial charge on any atom is -0.478 e. The van der Waals surface area contributed by atoms with Crippen molar-refractivity contribution in [2.75, 3.05) is 13.1 Å². The Hall–Kier alpha value is -1.09. The number of rotatable bonds is 6. The van der Waals surface area contributed by atoms with Gasteiger partial charge in [-0.25, -0.2) is 4.79 Å². The van der Waals surface area contributed by atoms with Gasteiger partial charge in [0.25, 0.3) is 0 Å². The van der Waals surface area contributed by atoms with Crippen molar-refractivity contribution in [2.24, 2.45) is 0 Å². The molecule has 0 atom stereocenters. The summed E-state index contributed by atoms with van der Waals surface area (Å²) in [6.07, 6.45) is 4.38. The van der Waals surface area contributed by atoms with Crippen molar-refractivity contribution in [3.05, 3.63) is 24.3 Å². The maximum absolute atomic E-state index is 10.3. The predicted octanol–water partition coefficient (Wildman–Crippen LogP) is 1.18. The lowest BCUT2D eigenvalue weighted by Gasteiger charge is -1.97. The zero-order valence-electron chi connectivity index (χ0n) is 7.34. The molecule has 68 valence electrons. The van der Waals surface area contributed by atoms with Crippen molar-refractivity contribution < 1.29 is 9.90 Å². The van der Waals surface area contributed by atoms with Crippen molar-refractivity contribution in [3.63, 3.8) is 0 Å². The molecule has 0 aromatic heterocycles. The minimum absolute atomic E-state index is 0.376. The third-order valence-electron chi connectivity index (χ3n) is 1.42. The fourth-order valence-corrected chi connectivity index (χ4v) is 0.619. The topological polar surface area (TPSA) is 49.3 Å². The van der Waals surface area contributed by atoms with Gasteiger partial charge in [-0.3, -0.25) is 0 Å². The fourth-order valence-electron chi connectivity index (χ4n) is 0.619. The van der Waals surface area contributed by atoms with E-state index in [4.69, 9.17) is 5.11 Å². The van der Waals surface area contributed by atoms with Gasteiger partial charge in [-0.1, -0.05) is 12.2 Å². The van der Waals surface area contributed by atoms with E-state index in [9.17, 15) is 4.79 Å². The van der Waals surface area contributed by atoms with Crippen molar-refractivity contribution in [2.45, 2.75) is 13.3 Å². The van der Waals surface area contributed by atoms with E-state index in [-0.39, 0.29) is 0 Å². The number of hydrogen-bond donors (Lipinski definition) is 2. The second-order valence-corrected chi connectivity index (χ2v) is 2.47. The second-order valence-electron chi connectivity index (χ2n) is 2.47. The lowest BCUT2D eigenvalue weighted by molar-refractivity contribution is -0.132. The molecule has 0 saturated heterocycles. The molecule has 3 heteroatoms. The van der Waals surface area contributed by atoms with Crippen LogP contribution in [0.15, 0.2) is 24.3 Å². The zero-order valence-corrected chi connectivity index (χ0v) is 7.34. The molecule has 0 aliphatic heterocycles. The Morgan fingerprint density at radius 2 is 2.33 bits per heavy atom. The van der Waals surface area contributed by atoms with Crippen LogP contribution in [0.5, 0.6) is 0 Å². The lowest BCUT2D eigenvalue weighted by Crippen LogP contribution is -2.15. The van der Waals surface area contributed by atoms with Crippen LogP contribution in [0, 0.1) is 0 Å². The molecule has 0 radical (unpaired) electrons. The van der Waals surface area contributed by atoms with Crippen LogP contribution in [0.3, 0.4) is 0 Å². The van der Waals surface area contributed by atoms with Crippen molar-refractivity contribution in [3.8, 4) is 0 Å². The van der Waals surface area contributed by atoms with E-state index in [1.807, 2.05) is 6.08 Å². The second kappa shape index (κ2) is 6.61. The van der Waals surface area contributed by atoms with Gasteiger partial charge >= 0.3 is 5.97 Å². The van der Waals surface area contributed by atoms with Crippen LogP contribution >= 0.6 is 0 Å². The monoisotopic (exact) mass is 169 g/mol. The first-order chi connectivity index (χ1) is 5.68. The van der Waals surface area contributed by atoms with E-state index < -0.39 is 5.97 Å². The number of nitrogens with one attached hydrogen (secondary N) is 1. The molecule has 3 nitrogen and oxygen atoms in total. The van der Waals surface area contributed by atoms with Crippen LogP contribution in [-0.2, 0) is 4.79 Å². The molecular formula is C9H15NO2. The van der Waals surface area contributed by atoms with Crippen LogP contribution in [0.1, 0.15) is 13.3 Å². The summed E-state index contributed by atoms with van der Waals surface area (Å²) in [6, 6.07) is 0. The summed E-state index contributed by atoms with van der Waals surface area (Å²) in [4.78, 5) is 10.3. The number of hydrogen-bond acceptors (Lipinski definition) is 2. The molecule has 0 unspecified atom stereocenters. The third-order valence-corrected chi connectivity index (χ3v) is 1.42. The fraction of sp³-hybridized carbons (Fsp3) is 0.444. The Bertz CT molecular complexity index is 185. The maximum Gasteiger partial charge on any atom is 0.330 e. The molecule has 0 aromatic carbocycles. The maximum atomic E-state index is 10.3. The van der Waals surface area contributed by atoms with E-state index >= 15 is 0 Å². The van der Waals surface area contributed by atoms with Crippen molar-refractivity contribution >= 4 is 5.97 Å². The summed E-state index contributed by atoms with van der Waals surface area (Å²) in [5.41, 5.74) is 0.376. The molecular weight excluding hydrogens is 154 g/mol. The van der Waals surface area contributed by atoms with E-state index in [1.165, 1.54) is 0 Å². The van der Waals surface area contributed by atoms with Gasteiger partial charge in [-0.2, -0.15) is 0 Å². The normalized spacial score (nSPS) is 11.2. The highest BCUT2D eigenvalue weighted by molar-refractivity contribution is 5.85. The molecule has 0 amide bonds. The zero-order chi connectivity index (χ0) is 9.40. The minimum atomic E-state index is -0.861. The van der Waals surface area contributed by atoms with Gasteiger partial charge in [-0.15, -0.1) is 6.58 Å². The lowest BCUT2D eigenvalue weighted by atomic mass is 10.3. The Kier molecular flexibility index (Phi) is 6.01. The third kappa shape index (κ3) is 5.68. The van der Waals surface area contributed by atoms with Gasteiger partial charge in [-0.05, 0) is 19.9 Å². The van der Waals surface area contributed by atoms with Crippen molar-refractivity contribution in [1.82, 2.24) is 5.32 Å². The molecule has 0 bridgehead atoms. The quantitative estimate of drug-likeness (QED) is 0.356. The van der Waals surface area contributed by atoms with Crippen LogP contribution < -0.4 is 5.32 Å². The van der Waals surface area contributed by atoms with Gasteiger partial charge < -0.3 is 10.4 Å². The smallest absolute Gasteiger partial charge is 0.330 e. The molecule has 0 rings (SSSR count). The standard InChI is InChI=1S/C9H15NO2/c1-3-4-6-10-7-5-8(2)9(11)12/h3,5,10H,1,4,6-7H2,2H3,(H,11,12)/b8-5-. The van der Waals surface area contributed by atoms with Gasteiger partial charge in [0.05, 0.1) is 0 Å². The van der Waals surface area contributed by atoms with Gasteiger partial charge in [0.15, 0.2) is 0 Å². The average Bonchev–Trinajstić information content (AvgIpc) is 2.03. The summed E-state index contributed by atoms with van der Waals surface area (Å²) < 4.78 is 0. The van der Waals surface area contributed by atoms with Crippen LogP contribution in [0.2, 0.25) is 0 Å². The van der Waals surface area contributed by atoms with Gasteiger partial charge in [0.1, 0.15) is 0 Å². The molecule has 12 heavy (non-hydrogen) atoms. The Balaban J connectivity index is 3.46. The Labute approximate surface area is 72.8 Å². The van der Waals surface area contributed by atoms with Crippen LogP contribution in [0.25, 0.3) is 0 Å². The van der Waals surface area contributed by atoms with E-state index in [0.717, 1.165) is 13.0 Å².